The number of hydrogen-bond donors (Lipinski definition) is 2. The fourth-order valence-corrected chi connectivity index (χ4v) is 4.98. The number of amides is 1. The van der Waals surface area contributed by atoms with E-state index < -0.39 is 15.4 Å². The van der Waals surface area contributed by atoms with Crippen molar-refractivity contribution >= 4 is 21.5 Å². The molecule has 0 bridgehead atoms. The highest BCUT2D eigenvalue weighted by molar-refractivity contribution is 7.91. The third kappa shape index (κ3) is 3.02. The second kappa shape index (κ2) is 4.98. The Kier molecular flexibility index (Phi) is 3.73. The molecule has 6 nitrogen and oxygen atoms in total. The van der Waals surface area contributed by atoms with Gasteiger partial charge in [0.15, 0.2) is 15.6 Å². The van der Waals surface area contributed by atoms with Crippen molar-refractivity contribution in [2.45, 2.75) is 39.7 Å². The van der Waals surface area contributed by atoms with E-state index >= 15 is 0 Å². The summed E-state index contributed by atoms with van der Waals surface area (Å²) in [5.41, 5.74) is 1.30. The molecule has 1 atom stereocenters. The first kappa shape index (κ1) is 15.8. The smallest absolute Gasteiger partial charge is 0.253 e. The zero-order valence-electron chi connectivity index (χ0n) is 12.7. The number of ketones is 1. The summed E-state index contributed by atoms with van der Waals surface area (Å²) in [6.45, 7) is 6.61. The number of H-pyrrole nitrogens is 1. The topological polar surface area (TPSA) is 96.1 Å². The van der Waals surface area contributed by atoms with Gasteiger partial charge in [-0.2, -0.15) is 0 Å². The Balaban J connectivity index is 2.28. The van der Waals surface area contributed by atoms with E-state index in [0.717, 1.165) is 0 Å². The van der Waals surface area contributed by atoms with Crippen molar-refractivity contribution in [3.8, 4) is 0 Å². The number of sulfone groups is 1. The second-order valence-electron chi connectivity index (χ2n) is 6.04. The SMILES string of the molecule is CC(=O)c1[nH]c(C)c(C(=O)N[C@]2(C)CCS(=O)(=O)C2)c1C. The summed E-state index contributed by atoms with van der Waals surface area (Å²) >= 11 is 0. The number of aryl methyl sites for hydroxylation is 1. The van der Waals surface area contributed by atoms with Gasteiger partial charge in [-0.15, -0.1) is 0 Å². The predicted molar refractivity (Wildman–Crippen MR) is 79.4 cm³/mol. The van der Waals surface area contributed by atoms with Crippen molar-refractivity contribution in [3.05, 3.63) is 22.5 Å². The van der Waals surface area contributed by atoms with Gasteiger partial charge in [-0.3, -0.25) is 9.59 Å². The van der Waals surface area contributed by atoms with E-state index in [2.05, 4.69) is 10.3 Å². The van der Waals surface area contributed by atoms with Crippen LogP contribution in [0, 0.1) is 13.8 Å². The van der Waals surface area contributed by atoms with Crippen LogP contribution in [0.5, 0.6) is 0 Å². The second-order valence-corrected chi connectivity index (χ2v) is 8.22. The van der Waals surface area contributed by atoms with Crippen LogP contribution in [0.25, 0.3) is 0 Å². The maximum absolute atomic E-state index is 12.5. The van der Waals surface area contributed by atoms with Crippen molar-refractivity contribution in [1.82, 2.24) is 10.3 Å². The normalized spacial score (nSPS) is 24.0. The van der Waals surface area contributed by atoms with Crippen LogP contribution in [0.4, 0.5) is 0 Å². The molecule has 1 saturated heterocycles. The Morgan fingerprint density at radius 1 is 1.29 bits per heavy atom. The summed E-state index contributed by atoms with van der Waals surface area (Å²) in [5.74, 6) is -0.431. The van der Waals surface area contributed by atoms with Gasteiger partial charge >= 0.3 is 0 Å². The molecule has 2 rings (SSSR count). The first-order valence-electron chi connectivity index (χ1n) is 6.78. The lowest BCUT2D eigenvalue weighted by molar-refractivity contribution is 0.0914. The van der Waals surface area contributed by atoms with Crippen molar-refractivity contribution in [2.75, 3.05) is 11.5 Å². The van der Waals surface area contributed by atoms with Crippen LogP contribution in [0.3, 0.4) is 0 Å². The predicted octanol–water partition coefficient (Wildman–Crippen LogP) is 1.14. The van der Waals surface area contributed by atoms with E-state index in [1.165, 1.54) is 6.92 Å². The minimum absolute atomic E-state index is 0.0478. The molecule has 0 spiro atoms. The van der Waals surface area contributed by atoms with Crippen LogP contribution >= 0.6 is 0 Å². The Morgan fingerprint density at radius 2 is 1.90 bits per heavy atom. The van der Waals surface area contributed by atoms with Crippen molar-refractivity contribution < 1.29 is 18.0 Å². The quantitative estimate of drug-likeness (QED) is 0.818. The number of carbonyl (C=O) groups is 2. The molecule has 7 heteroatoms. The Morgan fingerprint density at radius 3 is 2.33 bits per heavy atom. The van der Waals surface area contributed by atoms with E-state index in [-0.39, 0.29) is 23.2 Å². The van der Waals surface area contributed by atoms with E-state index in [1.807, 2.05) is 0 Å². The van der Waals surface area contributed by atoms with Crippen LogP contribution in [-0.2, 0) is 9.84 Å². The molecule has 1 aromatic rings. The van der Waals surface area contributed by atoms with Gasteiger partial charge in [-0.25, -0.2) is 8.42 Å². The number of Topliss-reactive ketones (excluding diaryl/α,β-unsaturated/α-hetero) is 1. The molecule has 1 aliphatic heterocycles. The lowest BCUT2D eigenvalue weighted by atomic mass is 10.0. The number of rotatable bonds is 3. The molecule has 0 saturated carbocycles. The Bertz CT molecular complexity index is 718. The average molecular weight is 312 g/mol. The van der Waals surface area contributed by atoms with Crippen molar-refractivity contribution in [3.63, 3.8) is 0 Å². The van der Waals surface area contributed by atoms with Crippen LogP contribution in [0.15, 0.2) is 0 Å². The molecule has 0 unspecified atom stereocenters. The number of aromatic nitrogens is 1. The summed E-state index contributed by atoms with van der Waals surface area (Å²) in [4.78, 5) is 26.9. The van der Waals surface area contributed by atoms with Crippen LogP contribution in [0.1, 0.15) is 52.4 Å². The summed E-state index contributed by atoms with van der Waals surface area (Å²) < 4.78 is 23.2. The summed E-state index contributed by atoms with van der Waals surface area (Å²) in [6.07, 6.45) is 0.406. The minimum Gasteiger partial charge on any atom is -0.355 e. The fraction of sp³-hybridized carbons (Fsp3) is 0.571. The van der Waals surface area contributed by atoms with Crippen LogP contribution in [0.2, 0.25) is 0 Å². The largest absolute Gasteiger partial charge is 0.355 e. The highest BCUT2D eigenvalue weighted by Gasteiger charge is 2.40. The van der Waals surface area contributed by atoms with E-state index in [0.29, 0.717) is 28.9 Å². The third-order valence-corrected chi connectivity index (χ3v) is 5.84. The van der Waals surface area contributed by atoms with Crippen molar-refractivity contribution in [1.29, 1.82) is 0 Å². The van der Waals surface area contributed by atoms with E-state index in [1.54, 1.807) is 20.8 Å². The molecule has 21 heavy (non-hydrogen) atoms. The number of aromatic amines is 1. The van der Waals surface area contributed by atoms with Gasteiger partial charge in [0, 0.05) is 12.6 Å². The van der Waals surface area contributed by atoms with Crippen LogP contribution in [-0.4, -0.2) is 42.1 Å². The van der Waals surface area contributed by atoms with Crippen molar-refractivity contribution in [2.24, 2.45) is 0 Å². The number of nitrogens with one attached hydrogen (secondary N) is 2. The maximum Gasteiger partial charge on any atom is 0.253 e. The average Bonchev–Trinajstić information content (AvgIpc) is 2.75. The third-order valence-electron chi connectivity index (χ3n) is 3.94. The first-order chi connectivity index (χ1) is 9.55. The molecule has 2 heterocycles. The molecule has 1 fully saturated rings. The zero-order chi connectivity index (χ0) is 16.0. The highest BCUT2D eigenvalue weighted by Crippen LogP contribution is 2.25. The number of hydrogen-bond acceptors (Lipinski definition) is 4. The van der Waals surface area contributed by atoms with Gasteiger partial charge in [-0.05, 0) is 32.8 Å². The van der Waals surface area contributed by atoms with Crippen LogP contribution < -0.4 is 5.32 Å². The molecular weight excluding hydrogens is 292 g/mol. The Labute approximate surface area is 124 Å². The maximum atomic E-state index is 12.5. The van der Waals surface area contributed by atoms with Gasteiger partial charge in [0.1, 0.15) is 0 Å². The minimum atomic E-state index is -3.09. The first-order valence-corrected chi connectivity index (χ1v) is 8.60. The molecule has 0 aromatic carbocycles. The Hall–Kier alpha value is -1.63. The van der Waals surface area contributed by atoms with E-state index in [4.69, 9.17) is 0 Å². The molecule has 2 N–H and O–H groups in total. The van der Waals surface area contributed by atoms with Gasteiger partial charge in [-0.1, -0.05) is 0 Å². The fourth-order valence-electron chi connectivity index (χ4n) is 2.89. The summed E-state index contributed by atoms with van der Waals surface area (Å²) in [6, 6.07) is 0. The van der Waals surface area contributed by atoms with E-state index in [9.17, 15) is 18.0 Å². The number of carbonyl (C=O) groups excluding carboxylic acids is 2. The molecule has 116 valence electrons. The lowest BCUT2D eigenvalue weighted by Gasteiger charge is -2.24. The monoisotopic (exact) mass is 312 g/mol. The van der Waals surface area contributed by atoms with Gasteiger partial charge in [0.05, 0.1) is 28.3 Å². The highest BCUT2D eigenvalue weighted by atomic mass is 32.2. The molecular formula is C14H20N2O4S. The van der Waals surface area contributed by atoms with Gasteiger partial charge in [0.25, 0.3) is 5.91 Å². The molecule has 1 aliphatic rings. The zero-order valence-corrected chi connectivity index (χ0v) is 13.5. The lowest BCUT2D eigenvalue weighted by Crippen LogP contribution is -2.47. The molecule has 1 aromatic heterocycles. The summed E-state index contributed by atoms with van der Waals surface area (Å²) in [7, 11) is -3.09. The standard InChI is InChI=1S/C14H20N2O4S/c1-8-11(9(2)15-12(8)10(3)17)13(18)16-14(4)5-6-21(19,20)7-14/h15H,5-7H2,1-4H3,(H,16,18)/t14-/m1/s1. The molecule has 0 radical (unpaired) electrons. The molecule has 1 amide bonds. The summed E-state index contributed by atoms with van der Waals surface area (Å²) in [5, 5.41) is 2.81. The van der Waals surface area contributed by atoms with Gasteiger partial charge in [0.2, 0.25) is 0 Å². The molecule has 0 aliphatic carbocycles. The van der Waals surface area contributed by atoms with Gasteiger partial charge < -0.3 is 10.3 Å².